The van der Waals surface area contributed by atoms with E-state index in [0.717, 1.165) is 12.0 Å². The summed E-state index contributed by atoms with van der Waals surface area (Å²) in [5.41, 5.74) is 0.0248. The molecule has 0 bridgehead atoms. The summed E-state index contributed by atoms with van der Waals surface area (Å²) in [6.07, 6.45) is 0.198. The van der Waals surface area contributed by atoms with Crippen LogP contribution in [-0.4, -0.2) is 46.0 Å². The molecule has 1 aromatic rings. The lowest BCUT2D eigenvalue weighted by Gasteiger charge is -2.42. The first kappa shape index (κ1) is 27.5. The zero-order chi connectivity index (χ0) is 24.9. The van der Waals surface area contributed by atoms with E-state index >= 15 is 0 Å². The van der Waals surface area contributed by atoms with Crippen LogP contribution in [0.3, 0.4) is 0 Å². The third kappa shape index (κ3) is 8.89. The number of alkyl carbamates (subject to hydrolysis) is 1. The Morgan fingerprint density at radius 2 is 1.47 bits per heavy atom. The number of hydrogen-bond acceptors (Lipinski definition) is 4. The lowest BCUT2D eigenvalue weighted by atomic mass is 9.95. The van der Waals surface area contributed by atoms with E-state index in [4.69, 9.17) is 4.74 Å². The molecule has 0 saturated carbocycles. The van der Waals surface area contributed by atoms with E-state index in [-0.39, 0.29) is 18.4 Å². The van der Waals surface area contributed by atoms with E-state index in [1.54, 1.807) is 20.8 Å². The second-order valence-electron chi connectivity index (χ2n) is 11.0. The molecule has 7 nitrogen and oxygen atoms in total. The van der Waals surface area contributed by atoms with Gasteiger partial charge in [-0.2, -0.15) is 0 Å². The van der Waals surface area contributed by atoms with Crippen molar-refractivity contribution in [3.63, 3.8) is 0 Å². The van der Waals surface area contributed by atoms with Crippen LogP contribution < -0.4 is 10.6 Å². The second-order valence-corrected chi connectivity index (χ2v) is 11.0. The van der Waals surface area contributed by atoms with Crippen molar-refractivity contribution < 1.29 is 19.1 Å². The smallest absolute Gasteiger partial charge is 0.408 e. The first-order valence-corrected chi connectivity index (χ1v) is 11.1. The largest absolute Gasteiger partial charge is 0.444 e. The van der Waals surface area contributed by atoms with Gasteiger partial charge in [-0.1, -0.05) is 31.2 Å². The highest BCUT2D eigenvalue weighted by molar-refractivity contribution is 5.91. The van der Waals surface area contributed by atoms with Crippen LogP contribution in [-0.2, 0) is 20.7 Å². The Morgan fingerprint density at radius 3 is 1.88 bits per heavy atom. The van der Waals surface area contributed by atoms with Gasteiger partial charge in [0.25, 0.3) is 0 Å². The lowest BCUT2D eigenvalue weighted by molar-refractivity contribution is -0.146. The van der Waals surface area contributed by atoms with Crippen LogP contribution in [0.1, 0.15) is 86.4 Å². The Bertz CT molecular complexity index is 796. The fourth-order valence-electron chi connectivity index (χ4n) is 3.24. The maximum absolute atomic E-state index is 13.4. The highest BCUT2D eigenvalue weighted by atomic mass is 16.6. The summed E-state index contributed by atoms with van der Waals surface area (Å²) in [4.78, 5) is 40.4. The van der Waals surface area contributed by atoms with Gasteiger partial charge in [0.05, 0.1) is 0 Å². The SMILES string of the molecule is CCc1ccc(C(C(=O)NC(C)(C)C)N(C(=O)CNC(=O)OC(C)(C)C)C(C)(C)C)cc1. The third-order valence-electron chi connectivity index (χ3n) is 4.48. The molecular weight excluding hydrogens is 406 g/mol. The van der Waals surface area contributed by atoms with E-state index in [1.807, 2.05) is 65.8 Å². The molecule has 2 N–H and O–H groups in total. The Hall–Kier alpha value is -2.57. The van der Waals surface area contributed by atoms with Crippen LogP contribution in [0.5, 0.6) is 0 Å². The van der Waals surface area contributed by atoms with Gasteiger partial charge in [-0.15, -0.1) is 0 Å². The van der Waals surface area contributed by atoms with Gasteiger partial charge >= 0.3 is 6.09 Å². The molecule has 0 aliphatic heterocycles. The second kappa shape index (κ2) is 10.4. The van der Waals surface area contributed by atoms with Crippen LogP contribution in [0.15, 0.2) is 24.3 Å². The average Bonchev–Trinajstić information content (AvgIpc) is 2.60. The fourth-order valence-corrected chi connectivity index (χ4v) is 3.24. The van der Waals surface area contributed by atoms with Gasteiger partial charge in [0.2, 0.25) is 11.8 Å². The van der Waals surface area contributed by atoms with E-state index in [0.29, 0.717) is 5.56 Å². The summed E-state index contributed by atoms with van der Waals surface area (Å²) in [6, 6.07) is 6.86. The summed E-state index contributed by atoms with van der Waals surface area (Å²) >= 11 is 0. The zero-order valence-corrected chi connectivity index (χ0v) is 21.4. The first-order chi connectivity index (χ1) is 14.4. The summed E-state index contributed by atoms with van der Waals surface area (Å²) < 4.78 is 5.24. The number of rotatable bonds is 6. The topological polar surface area (TPSA) is 87.7 Å². The highest BCUT2D eigenvalue weighted by Gasteiger charge is 2.39. The minimum Gasteiger partial charge on any atom is -0.444 e. The zero-order valence-electron chi connectivity index (χ0n) is 21.4. The van der Waals surface area contributed by atoms with Crippen molar-refractivity contribution in [2.45, 2.75) is 98.4 Å². The van der Waals surface area contributed by atoms with Crippen LogP contribution >= 0.6 is 0 Å². The predicted octanol–water partition coefficient (Wildman–Crippen LogP) is 4.36. The van der Waals surface area contributed by atoms with Crippen LogP contribution in [0.4, 0.5) is 4.79 Å². The molecule has 3 amide bonds. The number of amides is 3. The molecule has 1 unspecified atom stereocenters. The van der Waals surface area contributed by atoms with Crippen LogP contribution in [0, 0.1) is 0 Å². The molecule has 180 valence electrons. The molecule has 0 spiro atoms. The summed E-state index contributed by atoms with van der Waals surface area (Å²) in [5.74, 6) is -0.653. The minimum atomic E-state index is -0.854. The number of hydrogen-bond donors (Lipinski definition) is 2. The van der Waals surface area contributed by atoms with Crippen LogP contribution in [0.2, 0.25) is 0 Å². The number of nitrogens with zero attached hydrogens (tertiary/aromatic N) is 1. The van der Waals surface area contributed by atoms with Gasteiger partial charge < -0.3 is 20.3 Å². The normalized spacial score (nSPS) is 13.2. The number of ether oxygens (including phenoxy) is 1. The van der Waals surface area contributed by atoms with Crippen molar-refractivity contribution in [3.8, 4) is 0 Å². The molecule has 1 aromatic carbocycles. The summed E-state index contributed by atoms with van der Waals surface area (Å²) in [7, 11) is 0. The van der Waals surface area contributed by atoms with Gasteiger partial charge in [-0.25, -0.2) is 4.79 Å². The van der Waals surface area contributed by atoms with E-state index in [2.05, 4.69) is 17.6 Å². The summed E-state index contributed by atoms with van der Waals surface area (Å²) in [6.45, 7) is 18.3. The highest BCUT2D eigenvalue weighted by Crippen LogP contribution is 2.30. The molecule has 0 aromatic heterocycles. The Morgan fingerprint density at radius 1 is 0.938 bits per heavy atom. The molecule has 0 aliphatic carbocycles. The van der Waals surface area contributed by atoms with Crippen molar-refractivity contribution in [1.82, 2.24) is 15.5 Å². The molecule has 1 rings (SSSR count). The first-order valence-electron chi connectivity index (χ1n) is 11.1. The number of nitrogens with one attached hydrogen (secondary N) is 2. The third-order valence-corrected chi connectivity index (χ3v) is 4.48. The summed E-state index contributed by atoms with van der Waals surface area (Å²) in [5, 5.41) is 5.52. The predicted molar refractivity (Wildman–Crippen MR) is 127 cm³/mol. The van der Waals surface area contributed by atoms with Crippen molar-refractivity contribution in [2.75, 3.05) is 6.54 Å². The molecule has 1 atom stereocenters. The van der Waals surface area contributed by atoms with Crippen LogP contribution in [0.25, 0.3) is 0 Å². The fraction of sp³-hybridized carbons (Fsp3) is 0.640. The monoisotopic (exact) mass is 447 g/mol. The van der Waals surface area contributed by atoms with Crippen molar-refractivity contribution in [1.29, 1.82) is 0 Å². The van der Waals surface area contributed by atoms with Gasteiger partial charge in [-0.3, -0.25) is 9.59 Å². The number of carbonyl (C=O) groups excluding carboxylic acids is 3. The molecule has 7 heteroatoms. The number of carbonyl (C=O) groups is 3. The quantitative estimate of drug-likeness (QED) is 0.678. The number of benzene rings is 1. The molecule has 0 heterocycles. The van der Waals surface area contributed by atoms with Gasteiger partial charge in [-0.05, 0) is 79.9 Å². The van der Waals surface area contributed by atoms with Crippen molar-refractivity contribution in [2.24, 2.45) is 0 Å². The standard InChI is InChI=1S/C25H41N3O4/c1-11-17-12-14-18(15-13-17)20(21(30)27-23(2,3)4)28(24(5,6)7)19(29)16-26-22(31)32-25(8,9)10/h12-15,20H,11,16H2,1-10H3,(H,26,31)(H,27,30). The lowest BCUT2D eigenvalue weighted by Crippen LogP contribution is -2.56. The van der Waals surface area contributed by atoms with E-state index < -0.39 is 28.8 Å². The molecule has 0 fully saturated rings. The van der Waals surface area contributed by atoms with Gasteiger partial charge in [0.15, 0.2) is 0 Å². The number of aryl methyl sites for hydroxylation is 1. The van der Waals surface area contributed by atoms with Gasteiger partial charge in [0, 0.05) is 11.1 Å². The molecule has 32 heavy (non-hydrogen) atoms. The van der Waals surface area contributed by atoms with E-state index in [1.165, 1.54) is 4.90 Å². The molecule has 0 aliphatic rings. The average molecular weight is 448 g/mol. The maximum atomic E-state index is 13.4. The Labute approximate surface area is 193 Å². The maximum Gasteiger partial charge on any atom is 0.408 e. The van der Waals surface area contributed by atoms with Gasteiger partial charge in [0.1, 0.15) is 18.2 Å². The van der Waals surface area contributed by atoms with Crippen molar-refractivity contribution >= 4 is 17.9 Å². The Balaban J connectivity index is 3.32. The molecule has 0 saturated heterocycles. The molecular formula is C25H41N3O4. The molecule has 0 radical (unpaired) electrons. The Kier molecular flexibility index (Phi) is 8.90. The minimum absolute atomic E-state index is 0.276. The van der Waals surface area contributed by atoms with E-state index in [9.17, 15) is 14.4 Å². The van der Waals surface area contributed by atoms with Crippen molar-refractivity contribution in [3.05, 3.63) is 35.4 Å².